The van der Waals surface area contributed by atoms with Crippen LogP contribution in [0.5, 0.6) is 0 Å². The minimum absolute atomic E-state index is 0.252. The van der Waals surface area contributed by atoms with Crippen LogP contribution in [-0.4, -0.2) is 31.7 Å². The van der Waals surface area contributed by atoms with E-state index in [0.29, 0.717) is 18.0 Å². The second-order valence-corrected chi connectivity index (χ2v) is 8.78. The number of pyridine rings is 1. The molecule has 0 bridgehead atoms. The Kier molecular flexibility index (Phi) is 4.74. The van der Waals surface area contributed by atoms with Crippen LogP contribution in [0, 0.1) is 5.82 Å². The van der Waals surface area contributed by atoms with Crippen LogP contribution in [0.4, 0.5) is 16.2 Å². The van der Waals surface area contributed by atoms with Gasteiger partial charge in [-0.05, 0) is 87.1 Å². The molecule has 2 aliphatic rings. The van der Waals surface area contributed by atoms with E-state index in [1.165, 1.54) is 50.7 Å². The molecule has 0 amide bonds. The lowest BCUT2D eigenvalue weighted by molar-refractivity contribution is 0.443. The van der Waals surface area contributed by atoms with Gasteiger partial charge in [-0.1, -0.05) is 0 Å². The van der Waals surface area contributed by atoms with Gasteiger partial charge in [0.25, 0.3) is 0 Å². The Morgan fingerprint density at radius 1 is 0.844 bits per heavy atom. The molecule has 0 aliphatic heterocycles. The lowest BCUT2D eigenvalue weighted by Gasteiger charge is -2.27. The van der Waals surface area contributed by atoms with Gasteiger partial charge >= 0.3 is 0 Å². The van der Waals surface area contributed by atoms with Crippen molar-refractivity contribution in [1.29, 1.82) is 0 Å². The van der Waals surface area contributed by atoms with Gasteiger partial charge in [0.1, 0.15) is 11.6 Å². The third-order valence-corrected chi connectivity index (χ3v) is 6.59. The van der Waals surface area contributed by atoms with Crippen molar-refractivity contribution in [3.63, 3.8) is 0 Å². The zero-order chi connectivity index (χ0) is 21.5. The lowest BCUT2D eigenvalue weighted by Crippen LogP contribution is -2.28. The van der Waals surface area contributed by atoms with Crippen molar-refractivity contribution in [3.8, 4) is 22.5 Å². The van der Waals surface area contributed by atoms with Crippen LogP contribution in [-0.2, 0) is 0 Å². The number of halogens is 1. The predicted molar refractivity (Wildman–Crippen MR) is 124 cm³/mol. The summed E-state index contributed by atoms with van der Waals surface area (Å²) < 4.78 is 15.4. The molecular formula is C25H25FN6. The summed E-state index contributed by atoms with van der Waals surface area (Å²) in [5.41, 5.74) is 4.49. The highest BCUT2D eigenvalue weighted by molar-refractivity contribution is 5.83. The van der Waals surface area contributed by atoms with Crippen LogP contribution in [0.2, 0.25) is 0 Å². The number of hydrogen-bond donors (Lipinski definition) is 2. The quantitative estimate of drug-likeness (QED) is 0.423. The van der Waals surface area contributed by atoms with Gasteiger partial charge < -0.3 is 10.6 Å². The second kappa shape index (κ2) is 7.89. The van der Waals surface area contributed by atoms with E-state index in [2.05, 4.69) is 33.8 Å². The number of fused-ring (bicyclic) bond motifs is 1. The van der Waals surface area contributed by atoms with Gasteiger partial charge in [0.15, 0.2) is 0 Å². The van der Waals surface area contributed by atoms with Gasteiger partial charge in [-0.25, -0.2) is 18.9 Å². The topological polar surface area (TPSA) is 67.1 Å². The SMILES string of the molecule is Fc1ccc(-c2cc3c(-c4ccnc(NC5CCC5)n4)ccc(NC4CCC4)n3n2)cc1. The monoisotopic (exact) mass is 428 g/mol. The van der Waals surface area contributed by atoms with Crippen molar-refractivity contribution in [3.05, 3.63) is 60.5 Å². The maximum Gasteiger partial charge on any atom is 0.223 e. The molecule has 2 saturated carbocycles. The van der Waals surface area contributed by atoms with Crippen molar-refractivity contribution in [2.24, 2.45) is 0 Å². The molecular weight excluding hydrogens is 403 g/mol. The van der Waals surface area contributed by atoms with Crippen LogP contribution < -0.4 is 10.6 Å². The van der Waals surface area contributed by atoms with E-state index in [4.69, 9.17) is 10.1 Å². The molecule has 2 fully saturated rings. The van der Waals surface area contributed by atoms with Gasteiger partial charge in [-0.15, -0.1) is 0 Å². The summed E-state index contributed by atoms with van der Waals surface area (Å²) in [5, 5.41) is 11.9. The van der Waals surface area contributed by atoms with Crippen molar-refractivity contribution in [2.75, 3.05) is 10.6 Å². The first-order valence-electron chi connectivity index (χ1n) is 11.4. The summed E-state index contributed by atoms with van der Waals surface area (Å²) in [6.07, 6.45) is 9.02. The Morgan fingerprint density at radius 3 is 2.31 bits per heavy atom. The molecule has 0 radical (unpaired) electrons. The molecule has 3 heterocycles. The molecule has 3 aromatic heterocycles. The number of anilines is 2. The minimum atomic E-state index is -0.252. The van der Waals surface area contributed by atoms with E-state index in [1.807, 2.05) is 10.6 Å². The van der Waals surface area contributed by atoms with Gasteiger partial charge in [0.05, 0.1) is 16.9 Å². The molecule has 7 heteroatoms. The number of nitrogens with zero attached hydrogens (tertiary/aromatic N) is 4. The van der Waals surface area contributed by atoms with Crippen LogP contribution in [0.3, 0.4) is 0 Å². The third-order valence-electron chi connectivity index (χ3n) is 6.59. The van der Waals surface area contributed by atoms with Crippen molar-refractivity contribution in [2.45, 2.75) is 50.6 Å². The molecule has 2 N–H and O–H groups in total. The summed E-state index contributed by atoms with van der Waals surface area (Å²) >= 11 is 0. The van der Waals surface area contributed by atoms with Crippen LogP contribution in [0.1, 0.15) is 38.5 Å². The zero-order valence-electron chi connectivity index (χ0n) is 17.8. The Bertz CT molecular complexity index is 1260. The van der Waals surface area contributed by atoms with Gasteiger partial charge in [-0.3, -0.25) is 0 Å². The molecule has 162 valence electrons. The standard InChI is InChI=1S/C25H25FN6/c26-17-9-7-16(8-10-17)22-15-23-20(11-12-24(32(23)31-22)28-18-3-1-4-18)21-13-14-27-25(30-21)29-19-5-2-6-19/h7-15,18-19,28H,1-6H2,(H,27,29,30). The molecule has 6 rings (SSSR count). The molecule has 6 nitrogen and oxygen atoms in total. The second-order valence-electron chi connectivity index (χ2n) is 8.78. The highest BCUT2D eigenvalue weighted by Gasteiger charge is 2.21. The highest BCUT2D eigenvalue weighted by atomic mass is 19.1. The summed E-state index contributed by atoms with van der Waals surface area (Å²) in [6.45, 7) is 0. The lowest BCUT2D eigenvalue weighted by atomic mass is 9.93. The van der Waals surface area contributed by atoms with Gasteiger partial charge in [0.2, 0.25) is 5.95 Å². The largest absolute Gasteiger partial charge is 0.367 e. The fourth-order valence-electron chi connectivity index (χ4n) is 4.24. The van der Waals surface area contributed by atoms with E-state index in [1.54, 1.807) is 18.3 Å². The van der Waals surface area contributed by atoms with Crippen LogP contribution >= 0.6 is 0 Å². The average Bonchev–Trinajstić information content (AvgIpc) is 3.20. The first kappa shape index (κ1) is 19.2. The first-order valence-corrected chi connectivity index (χ1v) is 11.4. The number of aromatic nitrogens is 4. The van der Waals surface area contributed by atoms with E-state index < -0.39 is 0 Å². The van der Waals surface area contributed by atoms with E-state index >= 15 is 0 Å². The van der Waals surface area contributed by atoms with E-state index in [-0.39, 0.29) is 5.82 Å². The Balaban J connectivity index is 1.44. The van der Waals surface area contributed by atoms with E-state index in [0.717, 1.165) is 33.8 Å². The fraction of sp³-hybridized carbons (Fsp3) is 0.320. The normalized spacial score (nSPS) is 16.5. The molecule has 0 saturated heterocycles. The van der Waals surface area contributed by atoms with Gasteiger partial charge in [0, 0.05) is 29.4 Å². The fourth-order valence-corrected chi connectivity index (χ4v) is 4.24. The van der Waals surface area contributed by atoms with Crippen LogP contribution in [0.15, 0.2) is 54.7 Å². The molecule has 1 aromatic carbocycles. The molecule has 32 heavy (non-hydrogen) atoms. The summed E-state index contributed by atoms with van der Waals surface area (Å²) in [5.74, 6) is 1.38. The highest BCUT2D eigenvalue weighted by Crippen LogP contribution is 2.32. The third kappa shape index (κ3) is 3.57. The van der Waals surface area contributed by atoms with E-state index in [9.17, 15) is 4.39 Å². The molecule has 0 atom stereocenters. The number of rotatable bonds is 6. The maximum absolute atomic E-state index is 13.4. The molecule has 4 aromatic rings. The van der Waals surface area contributed by atoms with Crippen molar-refractivity contribution >= 4 is 17.3 Å². The Hall–Kier alpha value is -3.48. The van der Waals surface area contributed by atoms with Crippen molar-refractivity contribution < 1.29 is 4.39 Å². The minimum Gasteiger partial charge on any atom is -0.367 e. The molecule has 2 aliphatic carbocycles. The Morgan fingerprint density at radius 2 is 1.59 bits per heavy atom. The smallest absolute Gasteiger partial charge is 0.223 e. The average molecular weight is 429 g/mol. The summed E-state index contributed by atoms with van der Waals surface area (Å²) in [7, 11) is 0. The Labute approximate surface area is 185 Å². The molecule has 0 spiro atoms. The predicted octanol–water partition coefficient (Wildman–Crippen LogP) is 5.53. The maximum atomic E-state index is 13.4. The molecule has 0 unspecified atom stereocenters. The zero-order valence-corrected chi connectivity index (χ0v) is 17.8. The van der Waals surface area contributed by atoms with Gasteiger partial charge in [-0.2, -0.15) is 5.10 Å². The first-order chi connectivity index (χ1) is 15.7. The van der Waals surface area contributed by atoms with Crippen molar-refractivity contribution in [1.82, 2.24) is 19.6 Å². The number of nitrogens with one attached hydrogen (secondary N) is 2. The summed E-state index contributed by atoms with van der Waals surface area (Å²) in [6, 6.07) is 15.6. The number of hydrogen-bond acceptors (Lipinski definition) is 5. The number of benzene rings is 1. The summed E-state index contributed by atoms with van der Waals surface area (Å²) in [4.78, 5) is 9.20. The van der Waals surface area contributed by atoms with Crippen LogP contribution in [0.25, 0.3) is 28.0 Å².